The third kappa shape index (κ3) is 5.41. The van der Waals surface area contributed by atoms with E-state index in [1.807, 2.05) is 30.3 Å². The van der Waals surface area contributed by atoms with Gasteiger partial charge in [-0.25, -0.2) is 15.0 Å². The minimum Gasteiger partial charge on any atom is -0.369 e. The van der Waals surface area contributed by atoms with E-state index in [1.165, 1.54) is 5.69 Å². The van der Waals surface area contributed by atoms with Gasteiger partial charge in [0.05, 0.1) is 22.7 Å². The average Bonchev–Trinajstić information content (AvgIpc) is 2.93. The molecule has 8 nitrogen and oxygen atoms in total. The monoisotopic (exact) mass is 535 g/mol. The molecule has 1 saturated heterocycles. The van der Waals surface area contributed by atoms with Crippen LogP contribution < -0.4 is 10.5 Å². The fourth-order valence-electron chi connectivity index (χ4n) is 4.66. The molecule has 0 spiro atoms. The van der Waals surface area contributed by atoms with Crippen LogP contribution in [0.4, 0.5) is 5.69 Å². The second kappa shape index (κ2) is 11.6. The highest BCUT2D eigenvalue weighted by molar-refractivity contribution is 6.02. The summed E-state index contributed by atoms with van der Waals surface area (Å²) < 4.78 is 1.70. The number of halogens is 2. The quantitative estimate of drug-likeness (QED) is 0.314. The van der Waals surface area contributed by atoms with Gasteiger partial charge in [-0.05, 0) is 36.4 Å². The van der Waals surface area contributed by atoms with Crippen LogP contribution in [0.1, 0.15) is 0 Å². The lowest BCUT2D eigenvalue weighted by molar-refractivity contribution is 0.247. The molecule has 6 rings (SSSR count). The molecule has 1 fully saturated rings. The Hall–Kier alpha value is -3.59. The molecule has 10 heteroatoms. The van der Waals surface area contributed by atoms with E-state index in [2.05, 4.69) is 54.0 Å². The minimum atomic E-state index is -0.0330. The summed E-state index contributed by atoms with van der Waals surface area (Å²) in [5.74, 6) is 0.742. The van der Waals surface area contributed by atoms with Crippen molar-refractivity contribution in [1.82, 2.24) is 29.4 Å². The lowest BCUT2D eigenvalue weighted by atomic mass is 10.1. The number of benzene rings is 2. The van der Waals surface area contributed by atoms with Crippen LogP contribution in [0.3, 0.4) is 0 Å². The van der Waals surface area contributed by atoms with E-state index in [1.54, 1.807) is 29.5 Å². The molecule has 4 heterocycles. The van der Waals surface area contributed by atoms with Crippen molar-refractivity contribution in [2.45, 2.75) is 6.54 Å². The summed E-state index contributed by atoms with van der Waals surface area (Å²) in [5, 5.41) is 1.48. The Labute approximate surface area is 226 Å². The van der Waals surface area contributed by atoms with Crippen molar-refractivity contribution in [2.75, 3.05) is 37.6 Å². The van der Waals surface area contributed by atoms with Crippen LogP contribution in [0, 0.1) is 0 Å². The third-order valence-electron chi connectivity index (χ3n) is 6.65. The first-order valence-electron chi connectivity index (χ1n) is 11.8. The summed E-state index contributed by atoms with van der Waals surface area (Å²) in [6.07, 6.45) is 6.84. The first-order chi connectivity index (χ1) is 17.3. The zero-order chi connectivity index (χ0) is 23.6. The van der Waals surface area contributed by atoms with Crippen molar-refractivity contribution in [1.29, 1.82) is 0 Å². The van der Waals surface area contributed by atoms with Crippen LogP contribution in [0.15, 0.2) is 84.3 Å². The van der Waals surface area contributed by atoms with E-state index in [4.69, 9.17) is 0 Å². The Bertz CT molecular complexity index is 1540. The molecule has 0 unspecified atom stereocenters. The summed E-state index contributed by atoms with van der Waals surface area (Å²) in [5.41, 5.74) is 3.76. The van der Waals surface area contributed by atoms with E-state index >= 15 is 0 Å². The Morgan fingerprint density at radius 1 is 0.730 bits per heavy atom. The Morgan fingerprint density at radius 3 is 2.22 bits per heavy atom. The lowest BCUT2D eigenvalue weighted by Crippen LogP contribution is -2.47. The van der Waals surface area contributed by atoms with Crippen LogP contribution in [0.5, 0.6) is 0 Å². The Kier molecular flexibility index (Phi) is 8.33. The molecule has 37 heavy (non-hydrogen) atoms. The predicted octanol–water partition coefficient (Wildman–Crippen LogP) is 4.07. The highest BCUT2D eigenvalue weighted by Gasteiger charge is 2.18. The van der Waals surface area contributed by atoms with E-state index < -0.39 is 0 Å². The Morgan fingerprint density at radius 2 is 1.46 bits per heavy atom. The topological polar surface area (TPSA) is 80.0 Å². The predicted molar refractivity (Wildman–Crippen MR) is 152 cm³/mol. The number of pyridine rings is 1. The fourth-order valence-corrected chi connectivity index (χ4v) is 4.66. The van der Waals surface area contributed by atoms with E-state index in [0.29, 0.717) is 11.9 Å². The van der Waals surface area contributed by atoms with Crippen LogP contribution in [0.2, 0.25) is 0 Å². The number of fused-ring (bicyclic) bond motifs is 3. The molecule has 0 radical (unpaired) electrons. The maximum Gasteiger partial charge on any atom is 0.262 e. The van der Waals surface area contributed by atoms with E-state index in [9.17, 15) is 4.79 Å². The van der Waals surface area contributed by atoms with Gasteiger partial charge >= 0.3 is 0 Å². The summed E-state index contributed by atoms with van der Waals surface area (Å²) >= 11 is 0. The molecule has 1 aliphatic rings. The SMILES string of the molecule is Cl.Cl.O=c1c2cnc3ccccc3c2ncn1CCN1CCN(c2ccc(-c3ncccn3)cc2)CC1. The number of nitrogens with zero attached hydrogens (tertiary/aromatic N) is 7. The highest BCUT2D eigenvalue weighted by Crippen LogP contribution is 2.22. The molecular weight excluding hydrogens is 509 g/mol. The molecule has 5 aromatic rings. The van der Waals surface area contributed by atoms with Crippen molar-refractivity contribution in [3.8, 4) is 11.4 Å². The van der Waals surface area contributed by atoms with E-state index in [-0.39, 0.29) is 30.4 Å². The zero-order valence-corrected chi connectivity index (χ0v) is 21.7. The van der Waals surface area contributed by atoms with Gasteiger partial charge in [0, 0.05) is 74.5 Å². The maximum absolute atomic E-state index is 13.1. The van der Waals surface area contributed by atoms with Crippen LogP contribution in [-0.2, 0) is 6.54 Å². The normalized spacial score (nSPS) is 13.8. The number of aromatic nitrogens is 5. The lowest BCUT2D eigenvalue weighted by Gasteiger charge is -2.36. The number of hydrogen-bond acceptors (Lipinski definition) is 7. The first-order valence-corrected chi connectivity index (χ1v) is 11.8. The average molecular weight is 536 g/mol. The van der Waals surface area contributed by atoms with Crippen molar-refractivity contribution in [3.05, 3.63) is 89.9 Å². The molecule has 0 aliphatic carbocycles. The van der Waals surface area contributed by atoms with Crippen LogP contribution in [-0.4, -0.2) is 62.1 Å². The van der Waals surface area contributed by atoms with Gasteiger partial charge in [0.2, 0.25) is 0 Å². The second-order valence-corrected chi connectivity index (χ2v) is 8.73. The highest BCUT2D eigenvalue weighted by atomic mass is 35.5. The fraction of sp³-hybridized carbons (Fsp3) is 0.222. The third-order valence-corrected chi connectivity index (χ3v) is 6.65. The number of hydrogen-bond donors (Lipinski definition) is 0. The summed E-state index contributed by atoms with van der Waals surface area (Å²) in [6, 6.07) is 18.0. The molecule has 0 amide bonds. The number of anilines is 1. The number of rotatable bonds is 5. The molecule has 0 atom stereocenters. The summed E-state index contributed by atoms with van der Waals surface area (Å²) in [6.45, 7) is 5.22. The van der Waals surface area contributed by atoms with Gasteiger partial charge < -0.3 is 4.90 Å². The van der Waals surface area contributed by atoms with Crippen molar-refractivity contribution in [2.24, 2.45) is 0 Å². The van der Waals surface area contributed by atoms with Gasteiger partial charge in [0.15, 0.2) is 5.82 Å². The Balaban J connectivity index is 0.00000160. The largest absolute Gasteiger partial charge is 0.369 e. The number of para-hydroxylation sites is 1. The van der Waals surface area contributed by atoms with Crippen LogP contribution >= 0.6 is 24.8 Å². The van der Waals surface area contributed by atoms with Crippen molar-refractivity contribution >= 4 is 52.3 Å². The molecular formula is C27H27Cl2N7O. The number of piperazine rings is 1. The smallest absolute Gasteiger partial charge is 0.262 e. The molecule has 0 N–H and O–H groups in total. The van der Waals surface area contributed by atoms with Gasteiger partial charge in [-0.1, -0.05) is 18.2 Å². The summed E-state index contributed by atoms with van der Waals surface area (Å²) in [4.78, 5) is 35.5. The van der Waals surface area contributed by atoms with Gasteiger partial charge in [-0.2, -0.15) is 0 Å². The molecule has 190 valence electrons. The molecule has 3 aromatic heterocycles. The summed E-state index contributed by atoms with van der Waals surface area (Å²) in [7, 11) is 0. The van der Waals surface area contributed by atoms with Gasteiger partial charge in [-0.15, -0.1) is 24.8 Å². The van der Waals surface area contributed by atoms with Gasteiger partial charge in [-0.3, -0.25) is 19.2 Å². The maximum atomic E-state index is 13.1. The molecule has 2 aromatic carbocycles. The molecule has 0 bridgehead atoms. The standard InChI is InChI=1S/C27H25N7O.2ClH/c35-27-23-18-30-24-5-2-1-4-22(24)25(23)31-19-34(27)17-14-32-12-15-33(16-13-32)21-8-6-20(7-9-21)26-28-10-3-11-29-26;;/h1-11,18-19H,12-17H2;2*1H. The van der Waals surface area contributed by atoms with Crippen LogP contribution in [0.25, 0.3) is 33.2 Å². The molecule has 0 saturated carbocycles. The van der Waals surface area contributed by atoms with Crippen molar-refractivity contribution in [3.63, 3.8) is 0 Å². The van der Waals surface area contributed by atoms with Gasteiger partial charge in [0.1, 0.15) is 0 Å². The van der Waals surface area contributed by atoms with Crippen molar-refractivity contribution < 1.29 is 0 Å². The van der Waals surface area contributed by atoms with Gasteiger partial charge in [0.25, 0.3) is 5.56 Å². The first kappa shape index (κ1) is 26.5. The zero-order valence-electron chi connectivity index (χ0n) is 20.1. The van der Waals surface area contributed by atoms with E-state index in [0.717, 1.165) is 60.5 Å². The minimum absolute atomic E-state index is 0. The second-order valence-electron chi connectivity index (χ2n) is 8.73. The molecule has 1 aliphatic heterocycles.